The monoisotopic (exact) mass is 428 g/mol. The van der Waals surface area contributed by atoms with E-state index in [-0.39, 0.29) is 6.04 Å². The van der Waals surface area contributed by atoms with E-state index in [0.717, 1.165) is 49.2 Å². The van der Waals surface area contributed by atoms with E-state index in [1.54, 1.807) is 13.4 Å². The number of ether oxygens (including phenoxy) is 2. The summed E-state index contributed by atoms with van der Waals surface area (Å²) in [5, 5.41) is 6.87. The summed E-state index contributed by atoms with van der Waals surface area (Å²) < 4.78 is 16.4. The average molecular weight is 429 g/mol. The van der Waals surface area contributed by atoms with Crippen LogP contribution in [-0.4, -0.2) is 57.4 Å². The maximum atomic E-state index is 5.76. The predicted molar refractivity (Wildman–Crippen MR) is 124 cm³/mol. The van der Waals surface area contributed by atoms with Crippen molar-refractivity contribution < 1.29 is 13.9 Å². The van der Waals surface area contributed by atoms with Crippen LogP contribution in [0.5, 0.6) is 5.75 Å². The van der Waals surface area contributed by atoms with E-state index in [1.807, 2.05) is 18.2 Å². The zero-order chi connectivity index (χ0) is 21.7. The van der Waals surface area contributed by atoms with Gasteiger partial charge in [0.1, 0.15) is 18.1 Å². The van der Waals surface area contributed by atoms with Crippen LogP contribution >= 0.6 is 0 Å². The molecule has 1 aliphatic heterocycles. The lowest BCUT2D eigenvalue weighted by atomic mass is 10.1. The number of hydrogen-bond acceptors (Lipinski definition) is 5. The van der Waals surface area contributed by atoms with Crippen molar-refractivity contribution in [2.75, 3.05) is 46.5 Å². The minimum Gasteiger partial charge on any atom is -0.491 e. The van der Waals surface area contributed by atoms with Crippen LogP contribution in [-0.2, 0) is 11.3 Å². The van der Waals surface area contributed by atoms with Gasteiger partial charge in [0, 0.05) is 20.2 Å². The highest BCUT2D eigenvalue weighted by Crippen LogP contribution is 2.24. The summed E-state index contributed by atoms with van der Waals surface area (Å²) in [4.78, 5) is 7.29. The predicted octanol–water partition coefficient (Wildman–Crippen LogP) is 3.59. The van der Waals surface area contributed by atoms with E-state index >= 15 is 0 Å². The molecule has 0 saturated carbocycles. The van der Waals surface area contributed by atoms with Gasteiger partial charge in [-0.1, -0.05) is 18.6 Å². The average Bonchev–Trinajstić information content (AvgIpc) is 3.34. The first-order valence-electron chi connectivity index (χ1n) is 11.3. The number of piperidine rings is 1. The molecule has 0 aliphatic carbocycles. The lowest BCUT2D eigenvalue weighted by molar-refractivity contribution is 0.146. The number of guanidine groups is 1. The Morgan fingerprint density at radius 1 is 1.10 bits per heavy atom. The molecule has 1 atom stereocenters. The normalized spacial score (nSPS) is 16.1. The smallest absolute Gasteiger partial charge is 0.191 e. The van der Waals surface area contributed by atoms with Gasteiger partial charge in [-0.15, -0.1) is 0 Å². The number of furan rings is 1. The first-order chi connectivity index (χ1) is 15.3. The summed E-state index contributed by atoms with van der Waals surface area (Å²) in [6.07, 6.45) is 5.57. The number of rotatable bonds is 11. The minimum absolute atomic E-state index is 0.211. The first kappa shape index (κ1) is 23.2. The summed E-state index contributed by atoms with van der Waals surface area (Å²) in [6, 6.07) is 12.3. The number of hydrogen-bond donors (Lipinski definition) is 2. The molecule has 7 heteroatoms. The molecule has 170 valence electrons. The van der Waals surface area contributed by atoms with Gasteiger partial charge in [-0.2, -0.15) is 0 Å². The lowest BCUT2D eigenvalue weighted by Gasteiger charge is -2.33. The van der Waals surface area contributed by atoms with Crippen molar-refractivity contribution in [2.24, 2.45) is 4.99 Å². The minimum atomic E-state index is 0.211. The maximum absolute atomic E-state index is 5.76. The van der Waals surface area contributed by atoms with Crippen molar-refractivity contribution in [3.63, 3.8) is 0 Å². The number of benzene rings is 1. The second kappa shape index (κ2) is 13.0. The molecule has 1 fully saturated rings. The Hall–Kier alpha value is -2.51. The largest absolute Gasteiger partial charge is 0.491 e. The van der Waals surface area contributed by atoms with Crippen LogP contribution in [0.1, 0.15) is 43.6 Å². The molecule has 0 bridgehead atoms. The fraction of sp³-hybridized carbons (Fsp3) is 0.542. The number of nitrogens with one attached hydrogen (secondary N) is 2. The van der Waals surface area contributed by atoms with Crippen LogP contribution < -0.4 is 15.4 Å². The Labute approximate surface area is 185 Å². The molecule has 1 unspecified atom stereocenters. The molecule has 1 aliphatic rings. The van der Waals surface area contributed by atoms with E-state index in [9.17, 15) is 0 Å². The number of methoxy groups -OCH3 is 1. The van der Waals surface area contributed by atoms with Crippen LogP contribution in [0.15, 0.2) is 52.1 Å². The van der Waals surface area contributed by atoms with Crippen molar-refractivity contribution in [3.8, 4) is 5.75 Å². The molecule has 3 rings (SSSR count). The van der Waals surface area contributed by atoms with Gasteiger partial charge < -0.3 is 24.5 Å². The number of aliphatic imine (C=N–C) groups is 1. The van der Waals surface area contributed by atoms with E-state index in [4.69, 9.17) is 18.9 Å². The van der Waals surface area contributed by atoms with Crippen LogP contribution in [0, 0.1) is 0 Å². The summed E-state index contributed by atoms with van der Waals surface area (Å²) in [6.45, 7) is 7.61. The summed E-state index contributed by atoms with van der Waals surface area (Å²) >= 11 is 0. The SMILES string of the molecule is CCNC(=NCc1ccc(OCCOC)cc1)NCC(c1ccco1)N1CCCCC1. The third kappa shape index (κ3) is 7.60. The third-order valence-electron chi connectivity index (χ3n) is 5.41. The van der Waals surface area contributed by atoms with Crippen molar-refractivity contribution in [1.29, 1.82) is 0 Å². The summed E-state index contributed by atoms with van der Waals surface area (Å²) in [5.74, 6) is 2.67. The van der Waals surface area contributed by atoms with E-state index in [1.165, 1.54) is 19.3 Å². The molecule has 0 amide bonds. The fourth-order valence-corrected chi connectivity index (χ4v) is 3.76. The van der Waals surface area contributed by atoms with Crippen LogP contribution in [0.4, 0.5) is 0 Å². The number of likely N-dealkylation sites (tertiary alicyclic amines) is 1. The van der Waals surface area contributed by atoms with Crippen LogP contribution in [0.2, 0.25) is 0 Å². The molecule has 2 N–H and O–H groups in total. The van der Waals surface area contributed by atoms with Gasteiger partial charge in [-0.25, -0.2) is 4.99 Å². The molecule has 1 aromatic carbocycles. The van der Waals surface area contributed by atoms with Gasteiger partial charge in [0.15, 0.2) is 5.96 Å². The Balaban J connectivity index is 1.58. The molecular formula is C24H36N4O3. The maximum Gasteiger partial charge on any atom is 0.191 e. The second-order valence-corrected chi connectivity index (χ2v) is 7.69. The van der Waals surface area contributed by atoms with Gasteiger partial charge in [-0.05, 0) is 62.7 Å². The van der Waals surface area contributed by atoms with Crippen molar-refractivity contribution in [2.45, 2.75) is 38.8 Å². The molecule has 2 heterocycles. The van der Waals surface area contributed by atoms with Gasteiger partial charge in [0.25, 0.3) is 0 Å². The van der Waals surface area contributed by atoms with Crippen molar-refractivity contribution in [1.82, 2.24) is 15.5 Å². The Morgan fingerprint density at radius 3 is 2.58 bits per heavy atom. The molecule has 1 saturated heterocycles. The van der Waals surface area contributed by atoms with Gasteiger partial charge in [0.05, 0.1) is 25.5 Å². The summed E-state index contributed by atoms with van der Waals surface area (Å²) in [5.41, 5.74) is 1.13. The second-order valence-electron chi connectivity index (χ2n) is 7.69. The standard InChI is InChI=1S/C24H36N4O3/c1-3-25-24(26-18-20-9-11-21(12-10-20)30-17-16-29-2)27-19-22(23-8-7-15-31-23)28-13-5-4-6-14-28/h7-12,15,22H,3-6,13-14,16-19H2,1-2H3,(H2,25,26,27). The third-order valence-corrected chi connectivity index (χ3v) is 5.41. The molecule has 7 nitrogen and oxygen atoms in total. The van der Waals surface area contributed by atoms with E-state index in [0.29, 0.717) is 19.8 Å². The summed E-state index contributed by atoms with van der Waals surface area (Å²) in [7, 11) is 1.67. The molecule has 31 heavy (non-hydrogen) atoms. The van der Waals surface area contributed by atoms with Gasteiger partial charge >= 0.3 is 0 Å². The quantitative estimate of drug-likeness (QED) is 0.324. The van der Waals surface area contributed by atoms with Gasteiger partial charge in [-0.3, -0.25) is 4.90 Å². The van der Waals surface area contributed by atoms with Crippen molar-refractivity contribution >= 4 is 5.96 Å². The Kier molecular flexibility index (Phi) is 9.73. The number of nitrogens with zero attached hydrogens (tertiary/aromatic N) is 2. The highest BCUT2D eigenvalue weighted by atomic mass is 16.5. The lowest BCUT2D eigenvalue weighted by Crippen LogP contribution is -2.44. The van der Waals surface area contributed by atoms with E-state index in [2.05, 4.69) is 40.7 Å². The van der Waals surface area contributed by atoms with Gasteiger partial charge in [0.2, 0.25) is 0 Å². The van der Waals surface area contributed by atoms with Crippen LogP contribution in [0.25, 0.3) is 0 Å². The molecule has 0 spiro atoms. The Bertz CT molecular complexity index is 756. The van der Waals surface area contributed by atoms with Crippen LogP contribution in [0.3, 0.4) is 0 Å². The highest BCUT2D eigenvalue weighted by molar-refractivity contribution is 5.79. The van der Waals surface area contributed by atoms with Crippen molar-refractivity contribution in [3.05, 3.63) is 54.0 Å². The first-order valence-corrected chi connectivity index (χ1v) is 11.3. The Morgan fingerprint density at radius 2 is 1.90 bits per heavy atom. The fourth-order valence-electron chi connectivity index (χ4n) is 3.76. The molecule has 1 aromatic heterocycles. The molecule has 2 aromatic rings. The van der Waals surface area contributed by atoms with E-state index < -0.39 is 0 Å². The topological polar surface area (TPSA) is 71.3 Å². The zero-order valence-corrected chi connectivity index (χ0v) is 18.8. The highest BCUT2D eigenvalue weighted by Gasteiger charge is 2.24. The zero-order valence-electron chi connectivity index (χ0n) is 18.8. The molecular weight excluding hydrogens is 392 g/mol. The molecule has 0 radical (unpaired) electrons.